The fraction of sp³-hybridized carbons (Fsp3) is 0.500. The van der Waals surface area contributed by atoms with Crippen molar-refractivity contribution in [3.63, 3.8) is 0 Å². The first-order valence-corrected chi connectivity index (χ1v) is 6.99. The van der Waals surface area contributed by atoms with Crippen molar-refractivity contribution in [3.05, 3.63) is 42.5 Å². The van der Waals surface area contributed by atoms with Crippen molar-refractivity contribution in [2.24, 2.45) is 17.8 Å². The Kier molecular flexibility index (Phi) is 3.65. The maximum absolute atomic E-state index is 5.66. The van der Waals surface area contributed by atoms with Gasteiger partial charge in [0, 0.05) is 6.54 Å². The Labute approximate surface area is 109 Å². The average molecular weight is 243 g/mol. The number of fused-ring (bicyclic) bond motifs is 2. The molecule has 0 spiro atoms. The van der Waals surface area contributed by atoms with Gasteiger partial charge < -0.3 is 10.1 Å². The second-order valence-corrected chi connectivity index (χ2v) is 5.41. The van der Waals surface area contributed by atoms with Crippen LogP contribution in [0, 0.1) is 17.8 Å². The van der Waals surface area contributed by atoms with Crippen LogP contribution >= 0.6 is 0 Å². The van der Waals surface area contributed by atoms with Crippen molar-refractivity contribution in [1.29, 1.82) is 0 Å². The zero-order chi connectivity index (χ0) is 12.2. The smallest absolute Gasteiger partial charge is 0.119 e. The van der Waals surface area contributed by atoms with Crippen LogP contribution in [0.5, 0.6) is 5.75 Å². The van der Waals surface area contributed by atoms with Crippen LogP contribution < -0.4 is 10.1 Å². The molecule has 1 aromatic rings. The number of nitrogens with one attached hydrogen (secondary N) is 1. The van der Waals surface area contributed by atoms with Crippen molar-refractivity contribution in [2.45, 2.75) is 12.8 Å². The van der Waals surface area contributed by atoms with Crippen LogP contribution in [0.4, 0.5) is 0 Å². The van der Waals surface area contributed by atoms with E-state index < -0.39 is 0 Å². The minimum Gasteiger partial charge on any atom is -0.492 e. The zero-order valence-corrected chi connectivity index (χ0v) is 10.7. The average Bonchev–Trinajstić information content (AvgIpc) is 3.02. The SMILES string of the molecule is C1=CC2CC1CC2CNCCOc1ccccc1. The van der Waals surface area contributed by atoms with E-state index in [4.69, 9.17) is 4.74 Å². The third kappa shape index (κ3) is 2.75. The predicted molar refractivity (Wildman–Crippen MR) is 73.7 cm³/mol. The third-order valence-corrected chi connectivity index (χ3v) is 4.11. The van der Waals surface area contributed by atoms with Crippen molar-refractivity contribution >= 4 is 0 Å². The lowest BCUT2D eigenvalue weighted by molar-refractivity contribution is 0.304. The summed E-state index contributed by atoms with van der Waals surface area (Å²) in [6.45, 7) is 2.83. The fourth-order valence-corrected chi connectivity index (χ4v) is 3.17. The van der Waals surface area contributed by atoms with Crippen molar-refractivity contribution < 1.29 is 4.74 Å². The van der Waals surface area contributed by atoms with E-state index in [0.717, 1.165) is 43.2 Å². The summed E-state index contributed by atoms with van der Waals surface area (Å²) in [5.74, 6) is 3.54. The summed E-state index contributed by atoms with van der Waals surface area (Å²) in [7, 11) is 0. The summed E-state index contributed by atoms with van der Waals surface area (Å²) in [6, 6.07) is 10.0. The van der Waals surface area contributed by atoms with Gasteiger partial charge in [-0.25, -0.2) is 0 Å². The minimum atomic E-state index is 0.751. The van der Waals surface area contributed by atoms with Crippen LogP contribution in [0.2, 0.25) is 0 Å². The maximum atomic E-state index is 5.66. The quantitative estimate of drug-likeness (QED) is 0.613. The fourth-order valence-electron chi connectivity index (χ4n) is 3.17. The highest BCUT2D eigenvalue weighted by Crippen LogP contribution is 2.42. The number of ether oxygens (including phenoxy) is 1. The first kappa shape index (κ1) is 11.8. The molecule has 2 bridgehead atoms. The van der Waals surface area contributed by atoms with Gasteiger partial charge >= 0.3 is 0 Å². The molecule has 0 heterocycles. The Morgan fingerprint density at radius 2 is 2.00 bits per heavy atom. The Hall–Kier alpha value is -1.28. The van der Waals surface area contributed by atoms with Gasteiger partial charge in [-0.05, 0) is 49.3 Å². The van der Waals surface area contributed by atoms with E-state index >= 15 is 0 Å². The Bertz CT molecular complexity index is 401. The standard InChI is InChI=1S/C16H21NO/c1-2-4-16(5-3-1)18-9-8-17-12-15-11-13-6-7-14(15)10-13/h1-7,13-15,17H,8-12H2. The Morgan fingerprint density at radius 3 is 2.72 bits per heavy atom. The third-order valence-electron chi connectivity index (χ3n) is 4.11. The van der Waals surface area contributed by atoms with E-state index in [1.807, 2.05) is 30.3 Å². The first-order chi connectivity index (χ1) is 8.92. The molecule has 1 aromatic carbocycles. The van der Waals surface area contributed by atoms with Crippen molar-refractivity contribution in [1.82, 2.24) is 5.32 Å². The molecule has 0 radical (unpaired) electrons. The highest BCUT2D eigenvalue weighted by molar-refractivity contribution is 5.20. The van der Waals surface area contributed by atoms with E-state index in [-0.39, 0.29) is 0 Å². The number of rotatable bonds is 6. The lowest BCUT2D eigenvalue weighted by atomic mass is 9.94. The molecule has 3 atom stereocenters. The van der Waals surface area contributed by atoms with Crippen molar-refractivity contribution in [2.75, 3.05) is 19.7 Å². The molecule has 2 nitrogen and oxygen atoms in total. The summed E-state index contributed by atoms with van der Waals surface area (Å²) in [6.07, 6.45) is 7.60. The number of hydrogen-bond acceptors (Lipinski definition) is 2. The van der Waals surface area contributed by atoms with E-state index in [0.29, 0.717) is 0 Å². The summed E-state index contributed by atoms with van der Waals surface area (Å²) < 4.78 is 5.66. The molecule has 2 aliphatic rings. The second-order valence-electron chi connectivity index (χ2n) is 5.41. The molecule has 96 valence electrons. The molecule has 1 saturated carbocycles. The van der Waals surface area contributed by atoms with Gasteiger partial charge in [0.2, 0.25) is 0 Å². The number of benzene rings is 1. The number of hydrogen-bond donors (Lipinski definition) is 1. The van der Waals surface area contributed by atoms with Crippen LogP contribution in [0.3, 0.4) is 0 Å². The van der Waals surface area contributed by atoms with Crippen LogP contribution in [0.15, 0.2) is 42.5 Å². The van der Waals surface area contributed by atoms with Gasteiger partial charge in [-0.2, -0.15) is 0 Å². The molecule has 3 unspecified atom stereocenters. The van der Waals surface area contributed by atoms with Crippen LogP contribution in [-0.2, 0) is 0 Å². The van der Waals surface area contributed by atoms with Gasteiger partial charge in [-0.15, -0.1) is 0 Å². The zero-order valence-electron chi connectivity index (χ0n) is 10.7. The molecule has 0 saturated heterocycles. The summed E-state index contributed by atoms with van der Waals surface area (Å²) in [5, 5.41) is 3.52. The monoisotopic (exact) mass is 243 g/mol. The largest absolute Gasteiger partial charge is 0.492 e. The minimum absolute atomic E-state index is 0.751. The molecule has 0 amide bonds. The number of para-hydroxylation sites is 1. The molecule has 2 aliphatic carbocycles. The first-order valence-electron chi connectivity index (χ1n) is 6.99. The van der Waals surface area contributed by atoms with Gasteiger partial charge in [0.15, 0.2) is 0 Å². The Morgan fingerprint density at radius 1 is 1.11 bits per heavy atom. The van der Waals surface area contributed by atoms with E-state index in [1.54, 1.807) is 0 Å². The number of allylic oxidation sites excluding steroid dienone is 2. The lowest BCUT2D eigenvalue weighted by Gasteiger charge is -2.18. The molecule has 0 aliphatic heterocycles. The molecular weight excluding hydrogens is 222 g/mol. The van der Waals surface area contributed by atoms with Gasteiger partial charge in [-0.3, -0.25) is 0 Å². The van der Waals surface area contributed by atoms with Gasteiger partial charge in [0.05, 0.1) is 0 Å². The van der Waals surface area contributed by atoms with E-state index in [1.165, 1.54) is 12.8 Å². The van der Waals surface area contributed by atoms with Crippen molar-refractivity contribution in [3.8, 4) is 5.75 Å². The van der Waals surface area contributed by atoms with E-state index in [9.17, 15) is 0 Å². The van der Waals surface area contributed by atoms with Gasteiger partial charge in [0.1, 0.15) is 12.4 Å². The highest BCUT2D eigenvalue weighted by atomic mass is 16.5. The topological polar surface area (TPSA) is 21.3 Å². The molecule has 18 heavy (non-hydrogen) atoms. The predicted octanol–water partition coefficient (Wildman–Crippen LogP) is 2.87. The summed E-state index contributed by atoms with van der Waals surface area (Å²) in [4.78, 5) is 0. The molecule has 0 aromatic heterocycles. The normalized spacial score (nSPS) is 28.8. The highest BCUT2D eigenvalue weighted by Gasteiger charge is 2.34. The second kappa shape index (κ2) is 5.57. The van der Waals surface area contributed by atoms with Gasteiger partial charge in [-0.1, -0.05) is 30.4 Å². The molecule has 3 rings (SSSR count). The Balaban J connectivity index is 1.30. The summed E-state index contributed by atoms with van der Waals surface area (Å²) in [5.41, 5.74) is 0. The van der Waals surface area contributed by atoms with Crippen LogP contribution in [0.25, 0.3) is 0 Å². The van der Waals surface area contributed by atoms with Crippen LogP contribution in [-0.4, -0.2) is 19.7 Å². The maximum Gasteiger partial charge on any atom is 0.119 e. The molecular formula is C16H21NO. The van der Waals surface area contributed by atoms with Crippen LogP contribution in [0.1, 0.15) is 12.8 Å². The molecule has 2 heteroatoms. The molecule has 1 fully saturated rings. The van der Waals surface area contributed by atoms with E-state index in [2.05, 4.69) is 17.5 Å². The molecule has 1 N–H and O–H groups in total. The lowest BCUT2D eigenvalue weighted by Crippen LogP contribution is -2.28. The van der Waals surface area contributed by atoms with Gasteiger partial charge in [0.25, 0.3) is 0 Å². The summed E-state index contributed by atoms with van der Waals surface area (Å²) >= 11 is 0.